The van der Waals surface area contributed by atoms with Crippen molar-refractivity contribution in [2.45, 2.75) is 37.8 Å². The van der Waals surface area contributed by atoms with Crippen LogP contribution < -0.4 is 5.73 Å². The van der Waals surface area contributed by atoms with E-state index in [1.165, 1.54) is 0 Å². The largest absolute Gasteiger partial charge is 0.328 e. The number of nitrogens with one attached hydrogen (secondary N) is 1. The Balaban J connectivity index is 1.89. The molecular formula is C15H18ClN3. The van der Waals surface area contributed by atoms with Gasteiger partial charge in [0.05, 0.1) is 17.5 Å². The Morgan fingerprint density at radius 3 is 2.63 bits per heavy atom. The molecule has 0 heterocycles. The van der Waals surface area contributed by atoms with Crippen LogP contribution in [-0.4, -0.2) is 23.5 Å². The van der Waals surface area contributed by atoms with Gasteiger partial charge in [-0.05, 0) is 37.8 Å². The number of halogens is 1. The topological polar surface area (TPSA) is 62.2 Å². The highest BCUT2D eigenvalue weighted by molar-refractivity contribution is 6.48. The van der Waals surface area contributed by atoms with Crippen LogP contribution in [0.3, 0.4) is 0 Å². The summed E-state index contributed by atoms with van der Waals surface area (Å²) in [7, 11) is 0. The van der Waals surface area contributed by atoms with Gasteiger partial charge in [-0.25, -0.2) is 0 Å². The highest BCUT2D eigenvalue weighted by Gasteiger charge is 2.32. The van der Waals surface area contributed by atoms with Crippen molar-refractivity contribution in [2.24, 2.45) is 16.6 Å². The van der Waals surface area contributed by atoms with Crippen LogP contribution in [0.5, 0.6) is 0 Å². The first-order valence-corrected chi connectivity index (χ1v) is 7.19. The zero-order valence-electron chi connectivity index (χ0n) is 10.8. The predicted octanol–water partition coefficient (Wildman–Crippen LogP) is 3.05. The minimum Gasteiger partial charge on any atom is -0.328 e. The highest BCUT2D eigenvalue weighted by atomic mass is 35.5. The number of hydrogen-bond acceptors (Lipinski definition) is 3. The van der Waals surface area contributed by atoms with Gasteiger partial charge >= 0.3 is 0 Å². The number of rotatable bonds is 4. The van der Waals surface area contributed by atoms with Crippen LogP contribution in [0.2, 0.25) is 5.02 Å². The summed E-state index contributed by atoms with van der Waals surface area (Å²) < 4.78 is 0. The Morgan fingerprint density at radius 2 is 2.05 bits per heavy atom. The first kappa shape index (κ1) is 12.8. The van der Waals surface area contributed by atoms with Crippen molar-refractivity contribution in [3.8, 4) is 0 Å². The molecule has 0 aliphatic heterocycles. The third kappa shape index (κ3) is 2.88. The van der Waals surface area contributed by atoms with Crippen molar-refractivity contribution < 1.29 is 0 Å². The van der Waals surface area contributed by atoms with Crippen molar-refractivity contribution in [3.63, 3.8) is 0 Å². The summed E-state index contributed by atoms with van der Waals surface area (Å²) in [6.45, 7) is 0. The molecule has 2 aliphatic carbocycles. The quantitative estimate of drug-likeness (QED) is 0.815. The molecule has 0 aromatic heterocycles. The molecule has 0 unspecified atom stereocenters. The molecule has 1 aromatic carbocycles. The lowest BCUT2D eigenvalue weighted by molar-refractivity contribution is 0.354. The average molecular weight is 276 g/mol. The van der Waals surface area contributed by atoms with Gasteiger partial charge < -0.3 is 11.1 Å². The third-order valence-electron chi connectivity index (χ3n) is 3.80. The second-order valence-corrected chi connectivity index (χ2v) is 6.00. The molecule has 0 atom stereocenters. The fraction of sp³-hybridized carbons (Fsp3) is 0.467. The van der Waals surface area contributed by atoms with Gasteiger partial charge in [0.15, 0.2) is 0 Å². The van der Waals surface area contributed by atoms with Gasteiger partial charge in [-0.15, -0.1) is 0 Å². The highest BCUT2D eigenvalue weighted by Crippen LogP contribution is 2.32. The zero-order chi connectivity index (χ0) is 13.4. The van der Waals surface area contributed by atoms with Gasteiger partial charge in [-0.2, -0.15) is 0 Å². The van der Waals surface area contributed by atoms with Gasteiger partial charge in [0.2, 0.25) is 0 Å². The van der Waals surface area contributed by atoms with E-state index >= 15 is 0 Å². The van der Waals surface area contributed by atoms with Gasteiger partial charge in [0.25, 0.3) is 0 Å². The maximum Gasteiger partial charge on any atom is 0.0861 e. The van der Waals surface area contributed by atoms with Crippen LogP contribution in [0.1, 0.15) is 31.2 Å². The van der Waals surface area contributed by atoms with E-state index in [4.69, 9.17) is 27.7 Å². The van der Waals surface area contributed by atoms with Gasteiger partial charge in [0, 0.05) is 22.5 Å². The second-order valence-electron chi connectivity index (χ2n) is 5.56. The van der Waals surface area contributed by atoms with Crippen molar-refractivity contribution in [1.29, 1.82) is 5.41 Å². The molecule has 100 valence electrons. The summed E-state index contributed by atoms with van der Waals surface area (Å²) in [6.07, 6.45) is 4.09. The van der Waals surface area contributed by atoms with Crippen molar-refractivity contribution >= 4 is 23.0 Å². The summed E-state index contributed by atoms with van der Waals surface area (Å²) in [5.74, 6) is 0.395. The monoisotopic (exact) mass is 275 g/mol. The Bertz CT molecular complexity index is 528. The van der Waals surface area contributed by atoms with Crippen LogP contribution in [0.15, 0.2) is 29.3 Å². The summed E-state index contributed by atoms with van der Waals surface area (Å²) in [5, 5.41) is 9.00. The smallest absolute Gasteiger partial charge is 0.0861 e. The molecule has 2 fully saturated rings. The number of aliphatic imine (C=N–C) groups is 1. The van der Waals surface area contributed by atoms with Gasteiger partial charge in [-0.1, -0.05) is 23.7 Å². The molecule has 2 aliphatic rings. The fourth-order valence-electron chi connectivity index (χ4n) is 2.42. The molecule has 3 nitrogen and oxygen atoms in total. The van der Waals surface area contributed by atoms with E-state index in [0.717, 1.165) is 37.0 Å². The molecule has 3 rings (SSSR count). The molecule has 3 N–H and O–H groups in total. The molecule has 19 heavy (non-hydrogen) atoms. The molecule has 0 saturated heterocycles. The van der Waals surface area contributed by atoms with Crippen LogP contribution in [0.25, 0.3) is 0 Å². The maximum atomic E-state index is 8.31. The van der Waals surface area contributed by atoms with E-state index in [1.54, 1.807) is 0 Å². The Labute approximate surface area is 118 Å². The molecule has 0 amide bonds. The number of nitrogens with zero attached hydrogens (tertiary/aromatic N) is 1. The van der Waals surface area contributed by atoms with Crippen molar-refractivity contribution in [2.75, 3.05) is 0 Å². The Morgan fingerprint density at radius 1 is 1.32 bits per heavy atom. The average Bonchev–Trinajstić information content (AvgIpc) is 3.16. The Kier molecular flexibility index (Phi) is 3.42. The molecular weight excluding hydrogens is 258 g/mol. The number of nitrogens with two attached hydrogens (primary N) is 1. The number of benzene rings is 1. The van der Waals surface area contributed by atoms with E-state index < -0.39 is 0 Å². The maximum absolute atomic E-state index is 8.31. The predicted molar refractivity (Wildman–Crippen MR) is 79.4 cm³/mol. The van der Waals surface area contributed by atoms with Crippen molar-refractivity contribution in [3.05, 3.63) is 34.9 Å². The van der Waals surface area contributed by atoms with E-state index in [1.807, 2.05) is 24.3 Å². The van der Waals surface area contributed by atoms with Gasteiger partial charge in [0.1, 0.15) is 0 Å². The summed E-state index contributed by atoms with van der Waals surface area (Å²) in [6, 6.07) is 8.21. The summed E-state index contributed by atoms with van der Waals surface area (Å²) >= 11 is 6.05. The molecule has 4 heteroatoms. The molecule has 0 radical (unpaired) electrons. The lowest BCUT2D eigenvalue weighted by Gasteiger charge is -2.30. The SMILES string of the molecule is N=C(/C(=N/C1CC(N)C1)c1cccc(Cl)c1)C1CC1. The van der Waals surface area contributed by atoms with Crippen LogP contribution in [-0.2, 0) is 0 Å². The van der Waals surface area contributed by atoms with Crippen LogP contribution in [0, 0.1) is 11.3 Å². The fourth-order valence-corrected chi connectivity index (χ4v) is 2.61. The molecule has 0 bridgehead atoms. The first-order chi connectivity index (χ1) is 9.13. The molecule has 2 saturated carbocycles. The van der Waals surface area contributed by atoms with E-state index in [0.29, 0.717) is 16.7 Å². The second kappa shape index (κ2) is 5.06. The zero-order valence-corrected chi connectivity index (χ0v) is 11.5. The summed E-state index contributed by atoms with van der Waals surface area (Å²) in [5.41, 5.74) is 8.26. The lowest BCUT2D eigenvalue weighted by Crippen LogP contribution is -2.40. The normalized spacial score (nSPS) is 26.9. The van der Waals surface area contributed by atoms with E-state index in [-0.39, 0.29) is 12.1 Å². The third-order valence-corrected chi connectivity index (χ3v) is 4.04. The van der Waals surface area contributed by atoms with E-state index in [9.17, 15) is 0 Å². The Hall–Kier alpha value is -1.19. The van der Waals surface area contributed by atoms with Crippen LogP contribution >= 0.6 is 11.6 Å². The number of hydrogen-bond donors (Lipinski definition) is 2. The standard InChI is InChI=1S/C15H18ClN3/c16-11-3-1-2-10(6-11)15(14(18)9-4-5-9)19-13-7-12(17)8-13/h1-3,6,9,12-13,18H,4-5,7-8,17H2/b18-14?,19-15+. The van der Waals surface area contributed by atoms with Gasteiger partial charge in [-0.3, -0.25) is 4.99 Å². The van der Waals surface area contributed by atoms with E-state index in [2.05, 4.69) is 0 Å². The molecule has 0 spiro atoms. The summed E-state index contributed by atoms with van der Waals surface area (Å²) in [4.78, 5) is 4.76. The lowest BCUT2D eigenvalue weighted by atomic mass is 9.87. The minimum atomic E-state index is 0.281. The van der Waals surface area contributed by atoms with Crippen molar-refractivity contribution in [1.82, 2.24) is 0 Å². The first-order valence-electron chi connectivity index (χ1n) is 6.81. The van der Waals surface area contributed by atoms with Crippen LogP contribution in [0.4, 0.5) is 0 Å². The molecule has 1 aromatic rings. The minimum absolute atomic E-state index is 0.281.